The van der Waals surface area contributed by atoms with Gasteiger partial charge < -0.3 is 10.1 Å². The molecule has 2 unspecified atom stereocenters. The molecule has 0 fully saturated rings. The van der Waals surface area contributed by atoms with Gasteiger partial charge in [-0.1, -0.05) is 31.2 Å². The van der Waals surface area contributed by atoms with Crippen molar-refractivity contribution in [3.8, 4) is 0 Å². The van der Waals surface area contributed by atoms with Gasteiger partial charge in [0.05, 0.1) is 6.61 Å². The molecule has 2 heteroatoms. The number of rotatable bonds is 5. The summed E-state index contributed by atoms with van der Waals surface area (Å²) in [6, 6.07) is 9.34. The number of fused-ring (bicyclic) bond motifs is 1. The second-order valence-corrected chi connectivity index (χ2v) is 4.89. The maximum atomic E-state index is 5.34. The Labute approximate surface area is 104 Å². The maximum absolute atomic E-state index is 5.34. The van der Waals surface area contributed by atoms with Gasteiger partial charge in [-0.3, -0.25) is 0 Å². The number of methoxy groups -OCH3 is 1. The molecule has 1 aliphatic carbocycles. The van der Waals surface area contributed by atoms with Crippen LogP contribution in [0.4, 0.5) is 0 Å². The van der Waals surface area contributed by atoms with Crippen molar-refractivity contribution < 1.29 is 4.74 Å². The van der Waals surface area contributed by atoms with E-state index < -0.39 is 0 Å². The van der Waals surface area contributed by atoms with Crippen LogP contribution in [-0.2, 0) is 17.6 Å². The van der Waals surface area contributed by atoms with Crippen molar-refractivity contribution in [1.29, 1.82) is 0 Å². The van der Waals surface area contributed by atoms with E-state index in [1.165, 1.54) is 30.4 Å². The fourth-order valence-corrected chi connectivity index (χ4v) is 2.87. The first-order chi connectivity index (χ1) is 8.35. The van der Waals surface area contributed by atoms with Crippen molar-refractivity contribution in [3.63, 3.8) is 0 Å². The quantitative estimate of drug-likeness (QED) is 0.843. The van der Waals surface area contributed by atoms with E-state index in [1.54, 1.807) is 7.11 Å². The summed E-state index contributed by atoms with van der Waals surface area (Å²) >= 11 is 0. The number of ether oxygens (including phenoxy) is 1. The Kier molecular flexibility index (Phi) is 4.57. The third-order valence-electron chi connectivity index (χ3n) is 3.77. The van der Waals surface area contributed by atoms with Crippen molar-refractivity contribution >= 4 is 0 Å². The summed E-state index contributed by atoms with van der Waals surface area (Å²) in [6.07, 6.45) is 3.68. The molecule has 94 valence electrons. The van der Waals surface area contributed by atoms with E-state index in [0.29, 0.717) is 12.0 Å². The molecule has 2 rings (SSSR count). The van der Waals surface area contributed by atoms with Gasteiger partial charge in [0.15, 0.2) is 0 Å². The van der Waals surface area contributed by atoms with Gasteiger partial charge >= 0.3 is 0 Å². The number of aryl methyl sites for hydroxylation is 1. The monoisotopic (exact) mass is 233 g/mol. The zero-order valence-corrected chi connectivity index (χ0v) is 10.9. The van der Waals surface area contributed by atoms with E-state index in [9.17, 15) is 0 Å². The Hall–Kier alpha value is -0.860. The van der Waals surface area contributed by atoms with Gasteiger partial charge in [0.2, 0.25) is 0 Å². The molecule has 0 radical (unpaired) electrons. The van der Waals surface area contributed by atoms with Crippen LogP contribution in [-0.4, -0.2) is 26.3 Å². The molecule has 0 saturated heterocycles. The predicted octanol–water partition coefficient (Wildman–Crippen LogP) is 2.42. The van der Waals surface area contributed by atoms with E-state index in [4.69, 9.17) is 4.74 Å². The van der Waals surface area contributed by atoms with Crippen molar-refractivity contribution in [2.45, 2.75) is 32.2 Å². The largest absolute Gasteiger partial charge is 0.383 e. The summed E-state index contributed by atoms with van der Waals surface area (Å²) in [5, 5.41) is 3.56. The lowest BCUT2D eigenvalue weighted by molar-refractivity contribution is 0.135. The topological polar surface area (TPSA) is 21.3 Å². The second kappa shape index (κ2) is 6.18. The van der Waals surface area contributed by atoms with Gasteiger partial charge in [-0.25, -0.2) is 0 Å². The number of nitrogens with one attached hydrogen (secondary N) is 1. The first kappa shape index (κ1) is 12.6. The molecular formula is C15H23NO. The molecule has 0 heterocycles. The van der Waals surface area contributed by atoms with Crippen LogP contribution in [0.5, 0.6) is 0 Å². The van der Waals surface area contributed by atoms with Gasteiger partial charge in [-0.15, -0.1) is 0 Å². The van der Waals surface area contributed by atoms with Crippen molar-refractivity contribution in [3.05, 3.63) is 35.4 Å². The SMILES string of the molecule is CCNC(COC)C1CCc2ccccc2C1. The van der Waals surface area contributed by atoms with Crippen LogP contribution >= 0.6 is 0 Å². The molecule has 2 nitrogen and oxygen atoms in total. The molecule has 0 amide bonds. The van der Waals surface area contributed by atoms with Crippen LogP contribution < -0.4 is 5.32 Å². The number of hydrogen-bond acceptors (Lipinski definition) is 2. The lowest BCUT2D eigenvalue weighted by Gasteiger charge is -2.31. The minimum absolute atomic E-state index is 0.498. The second-order valence-electron chi connectivity index (χ2n) is 4.89. The highest BCUT2D eigenvalue weighted by Crippen LogP contribution is 2.27. The van der Waals surface area contributed by atoms with Gasteiger partial charge in [0.25, 0.3) is 0 Å². The number of benzene rings is 1. The summed E-state index contributed by atoms with van der Waals surface area (Å²) < 4.78 is 5.34. The molecule has 0 bridgehead atoms. The molecule has 0 spiro atoms. The van der Waals surface area contributed by atoms with Crippen molar-refractivity contribution in [2.75, 3.05) is 20.3 Å². The average molecular weight is 233 g/mol. The summed E-state index contributed by atoms with van der Waals surface area (Å²) in [5.41, 5.74) is 3.07. The van der Waals surface area contributed by atoms with Crippen LogP contribution in [0, 0.1) is 5.92 Å². The Balaban J connectivity index is 2.04. The normalized spacial score (nSPS) is 20.9. The van der Waals surface area contributed by atoms with E-state index in [2.05, 4.69) is 36.5 Å². The predicted molar refractivity (Wildman–Crippen MR) is 71.3 cm³/mol. The zero-order chi connectivity index (χ0) is 12.1. The van der Waals surface area contributed by atoms with Crippen molar-refractivity contribution in [2.24, 2.45) is 5.92 Å². The van der Waals surface area contributed by atoms with Gasteiger partial charge in [0, 0.05) is 13.2 Å². The average Bonchev–Trinajstić information content (AvgIpc) is 2.38. The summed E-state index contributed by atoms with van der Waals surface area (Å²) in [6.45, 7) is 4.01. The fraction of sp³-hybridized carbons (Fsp3) is 0.600. The van der Waals surface area contributed by atoms with Crippen LogP contribution in [0.1, 0.15) is 24.5 Å². The van der Waals surface area contributed by atoms with Gasteiger partial charge in [-0.05, 0) is 42.9 Å². The minimum atomic E-state index is 0.498. The minimum Gasteiger partial charge on any atom is -0.383 e. The highest BCUT2D eigenvalue weighted by atomic mass is 16.5. The number of likely N-dealkylation sites (N-methyl/N-ethyl adjacent to an activating group) is 1. The number of hydrogen-bond donors (Lipinski definition) is 1. The van der Waals surface area contributed by atoms with Crippen LogP contribution in [0.2, 0.25) is 0 Å². The Morgan fingerprint density at radius 3 is 2.82 bits per heavy atom. The van der Waals surface area contributed by atoms with Crippen molar-refractivity contribution in [1.82, 2.24) is 5.32 Å². The Bertz CT molecular complexity index is 345. The van der Waals surface area contributed by atoms with Crippen LogP contribution in [0.15, 0.2) is 24.3 Å². The third kappa shape index (κ3) is 3.08. The highest BCUT2D eigenvalue weighted by Gasteiger charge is 2.25. The molecule has 1 aromatic rings. The Morgan fingerprint density at radius 2 is 2.12 bits per heavy atom. The smallest absolute Gasteiger partial charge is 0.0618 e. The standard InChI is InChI=1S/C15H23NO/c1-3-16-15(11-17-2)14-9-8-12-6-4-5-7-13(12)10-14/h4-7,14-16H,3,8-11H2,1-2H3. The Morgan fingerprint density at radius 1 is 1.35 bits per heavy atom. The first-order valence-corrected chi connectivity index (χ1v) is 6.64. The van der Waals surface area contributed by atoms with Gasteiger partial charge in [-0.2, -0.15) is 0 Å². The van der Waals surface area contributed by atoms with Crippen LogP contribution in [0.3, 0.4) is 0 Å². The molecular weight excluding hydrogens is 210 g/mol. The summed E-state index contributed by atoms with van der Waals surface area (Å²) in [5.74, 6) is 0.713. The molecule has 2 atom stereocenters. The van der Waals surface area contributed by atoms with Crippen LogP contribution in [0.25, 0.3) is 0 Å². The highest BCUT2D eigenvalue weighted by molar-refractivity contribution is 5.30. The maximum Gasteiger partial charge on any atom is 0.0618 e. The van der Waals surface area contributed by atoms with E-state index >= 15 is 0 Å². The molecule has 0 aliphatic heterocycles. The molecule has 17 heavy (non-hydrogen) atoms. The summed E-state index contributed by atoms with van der Waals surface area (Å²) in [4.78, 5) is 0. The lowest BCUT2D eigenvalue weighted by atomic mass is 9.80. The van der Waals surface area contributed by atoms with Gasteiger partial charge in [0.1, 0.15) is 0 Å². The third-order valence-corrected chi connectivity index (χ3v) is 3.77. The van der Waals surface area contributed by atoms with E-state index in [0.717, 1.165) is 13.2 Å². The van der Waals surface area contributed by atoms with E-state index in [1.807, 2.05) is 0 Å². The zero-order valence-electron chi connectivity index (χ0n) is 10.9. The molecule has 1 aromatic carbocycles. The lowest BCUT2D eigenvalue weighted by Crippen LogP contribution is -2.42. The molecule has 1 N–H and O–H groups in total. The molecule has 0 aromatic heterocycles. The summed E-state index contributed by atoms with van der Waals surface area (Å²) in [7, 11) is 1.79. The van der Waals surface area contributed by atoms with E-state index in [-0.39, 0.29) is 0 Å². The molecule has 1 aliphatic rings. The molecule has 0 saturated carbocycles. The fourth-order valence-electron chi connectivity index (χ4n) is 2.87. The first-order valence-electron chi connectivity index (χ1n) is 6.64.